The monoisotopic (exact) mass is 240 g/mol. The molecule has 86 valence electrons. The number of carbonyl (C=O) groups excluding carboxylic acids is 1. The maximum atomic E-state index is 11.3. The first-order valence-electron chi connectivity index (χ1n) is 5.14. The third-order valence-corrected chi connectivity index (χ3v) is 2.85. The highest BCUT2D eigenvalue weighted by atomic mass is 35.5. The Balaban J connectivity index is 2.25. The van der Waals surface area contributed by atoms with Gasteiger partial charge in [0.25, 0.3) is 5.91 Å². The Morgan fingerprint density at radius 1 is 1.56 bits per heavy atom. The van der Waals surface area contributed by atoms with Gasteiger partial charge in [-0.05, 0) is 25.1 Å². The van der Waals surface area contributed by atoms with E-state index in [2.05, 4.69) is 5.32 Å². The number of hydrogen-bond donors (Lipinski definition) is 2. The smallest absolute Gasteiger partial charge is 0.253 e. The molecule has 1 aromatic carbocycles. The summed E-state index contributed by atoms with van der Waals surface area (Å²) in [5.41, 5.74) is 5.53. The van der Waals surface area contributed by atoms with E-state index >= 15 is 0 Å². The van der Waals surface area contributed by atoms with Gasteiger partial charge in [-0.1, -0.05) is 17.7 Å². The van der Waals surface area contributed by atoms with Crippen LogP contribution in [0.2, 0.25) is 5.02 Å². The van der Waals surface area contributed by atoms with Crippen LogP contribution in [0, 0.1) is 0 Å². The van der Waals surface area contributed by atoms with E-state index in [-0.39, 0.29) is 11.7 Å². The first-order valence-corrected chi connectivity index (χ1v) is 5.52. The Bertz CT molecular complexity index is 403. The van der Waals surface area contributed by atoms with Gasteiger partial charge in [0.1, 0.15) is 11.9 Å². The number of rotatable bonds is 3. The van der Waals surface area contributed by atoms with Gasteiger partial charge >= 0.3 is 0 Å². The van der Waals surface area contributed by atoms with Crippen molar-refractivity contribution in [1.29, 1.82) is 0 Å². The van der Waals surface area contributed by atoms with Crippen molar-refractivity contribution in [3.8, 4) is 5.75 Å². The van der Waals surface area contributed by atoms with Crippen molar-refractivity contribution in [3.05, 3.63) is 28.8 Å². The fourth-order valence-corrected chi connectivity index (χ4v) is 2.01. The van der Waals surface area contributed by atoms with E-state index in [0.29, 0.717) is 10.8 Å². The maximum absolute atomic E-state index is 11.3. The lowest BCUT2D eigenvalue weighted by Gasteiger charge is -2.15. The average molecular weight is 241 g/mol. The third-order valence-electron chi connectivity index (χ3n) is 2.53. The van der Waals surface area contributed by atoms with Crippen LogP contribution in [-0.4, -0.2) is 25.1 Å². The summed E-state index contributed by atoms with van der Waals surface area (Å²) in [7, 11) is 0. The lowest BCUT2D eigenvalue weighted by atomic mass is 10.2. The largest absolute Gasteiger partial charge is 0.488 e. The Morgan fingerprint density at radius 2 is 2.38 bits per heavy atom. The zero-order valence-electron chi connectivity index (χ0n) is 8.70. The Hall–Kier alpha value is -1.26. The van der Waals surface area contributed by atoms with Crippen LogP contribution in [0.5, 0.6) is 5.75 Å². The summed E-state index contributed by atoms with van der Waals surface area (Å²) in [5, 5.41) is 3.51. The highest BCUT2D eigenvalue weighted by molar-refractivity contribution is 6.34. The van der Waals surface area contributed by atoms with Crippen LogP contribution in [0.1, 0.15) is 16.8 Å². The van der Waals surface area contributed by atoms with Gasteiger partial charge in [0.15, 0.2) is 0 Å². The Morgan fingerprint density at radius 3 is 3.00 bits per heavy atom. The van der Waals surface area contributed by atoms with Crippen LogP contribution in [0.3, 0.4) is 0 Å². The SMILES string of the molecule is NC(=O)c1c(Cl)cccc1OC1CCNC1. The van der Waals surface area contributed by atoms with E-state index in [1.54, 1.807) is 18.2 Å². The van der Waals surface area contributed by atoms with Crippen molar-refractivity contribution in [2.24, 2.45) is 5.73 Å². The summed E-state index contributed by atoms with van der Waals surface area (Å²) in [6.45, 7) is 1.71. The molecule has 1 aliphatic rings. The lowest BCUT2D eigenvalue weighted by molar-refractivity contribution is 0.0994. The fraction of sp³-hybridized carbons (Fsp3) is 0.364. The molecule has 3 N–H and O–H groups in total. The molecule has 5 heteroatoms. The Labute approximate surface area is 98.7 Å². The maximum Gasteiger partial charge on any atom is 0.253 e. The molecule has 0 aromatic heterocycles. The molecule has 1 aromatic rings. The molecule has 1 fully saturated rings. The Kier molecular flexibility index (Phi) is 3.31. The number of carbonyl (C=O) groups is 1. The van der Waals surface area contributed by atoms with Gasteiger partial charge in [-0.2, -0.15) is 0 Å². The van der Waals surface area contributed by atoms with Crippen LogP contribution >= 0.6 is 11.6 Å². The number of benzene rings is 1. The van der Waals surface area contributed by atoms with Crippen molar-refractivity contribution >= 4 is 17.5 Å². The van der Waals surface area contributed by atoms with E-state index in [1.807, 2.05) is 0 Å². The number of hydrogen-bond acceptors (Lipinski definition) is 3. The zero-order chi connectivity index (χ0) is 11.5. The van der Waals surface area contributed by atoms with Crippen LogP contribution < -0.4 is 15.8 Å². The number of ether oxygens (including phenoxy) is 1. The minimum Gasteiger partial charge on any atom is -0.488 e. The van der Waals surface area contributed by atoms with Crippen molar-refractivity contribution in [1.82, 2.24) is 5.32 Å². The van der Waals surface area contributed by atoms with Crippen LogP contribution in [0.25, 0.3) is 0 Å². The number of nitrogens with one attached hydrogen (secondary N) is 1. The molecule has 16 heavy (non-hydrogen) atoms. The van der Waals surface area contributed by atoms with Gasteiger partial charge in [-0.3, -0.25) is 4.79 Å². The molecule has 1 aliphatic heterocycles. The van der Waals surface area contributed by atoms with Gasteiger partial charge in [0, 0.05) is 6.54 Å². The van der Waals surface area contributed by atoms with Gasteiger partial charge < -0.3 is 15.8 Å². The molecular weight excluding hydrogens is 228 g/mol. The van der Waals surface area contributed by atoms with E-state index in [4.69, 9.17) is 22.1 Å². The summed E-state index contributed by atoms with van der Waals surface area (Å²) in [4.78, 5) is 11.3. The summed E-state index contributed by atoms with van der Waals surface area (Å²) in [6, 6.07) is 5.08. The standard InChI is InChI=1S/C11H13ClN2O2/c12-8-2-1-3-9(10(8)11(13)15)16-7-4-5-14-6-7/h1-3,7,14H,4-6H2,(H2,13,15). The molecule has 1 saturated heterocycles. The highest BCUT2D eigenvalue weighted by Gasteiger charge is 2.20. The van der Waals surface area contributed by atoms with Gasteiger partial charge in [-0.15, -0.1) is 0 Å². The summed E-state index contributed by atoms with van der Waals surface area (Å²) >= 11 is 5.91. The minimum absolute atomic E-state index is 0.0802. The molecule has 0 radical (unpaired) electrons. The first kappa shape index (κ1) is 11.2. The quantitative estimate of drug-likeness (QED) is 0.834. The molecular formula is C11H13ClN2O2. The third kappa shape index (κ3) is 2.28. The predicted octanol–water partition coefficient (Wildman–Crippen LogP) is 1.18. The molecule has 0 aliphatic carbocycles. The number of halogens is 1. The second-order valence-corrected chi connectivity index (χ2v) is 4.12. The zero-order valence-corrected chi connectivity index (χ0v) is 9.46. The van der Waals surface area contributed by atoms with E-state index in [1.165, 1.54) is 0 Å². The summed E-state index contributed by atoms with van der Waals surface area (Å²) in [5.74, 6) is -0.0970. The second kappa shape index (κ2) is 4.72. The van der Waals surface area contributed by atoms with Crippen LogP contribution in [0.4, 0.5) is 0 Å². The van der Waals surface area contributed by atoms with Crippen molar-refractivity contribution < 1.29 is 9.53 Å². The first-order chi connectivity index (χ1) is 7.68. The normalized spacial score (nSPS) is 19.7. The number of nitrogens with two attached hydrogens (primary N) is 1. The van der Waals surface area contributed by atoms with Gasteiger partial charge in [0.05, 0.1) is 10.6 Å². The van der Waals surface area contributed by atoms with E-state index in [9.17, 15) is 4.79 Å². The molecule has 1 atom stereocenters. The van der Waals surface area contributed by atoms with Gasteiger partial charge in [0.2, 0.25) is 0 Å². The molecule has 2 rings (SSSR count). The molecule has 0 spiro atoms. The topological polar surface area (TPSA) is 64.4 Å². The average Bonchev–Trinajstić information content (AvgIpc) is 2.70. The number of primary amides is 1. The van der Waals surface area contributed by atoms with Crippen LogP contribution in [-0.2, 0) is 0 Å². The minimum atomic E-state index is -0.563. The molecule has 4 nitrogen and oxygen atoms in total. The molecule has 0 saturated carbocycles. The lowest BCUT2D eigenvalue weighted by Crippen LogP contribution is -2.22. The predicted molar refractivity (Wildman–Crippen MR) is 61.9 cm³/mol. The molecule has 0 bridgehead atoms. The number of amides is 1. The molecule has 1 amide bonds. The second-order valence-electron chi connectivity index (χ2n) is 3.71. The fourth-order valence-electron chi connectivity index (χ4n) is 1.75. The summed E-state index contributed by atoms with van der Waals surface area (Å²) < 4.78 is 5.70. The van der Waals surface area contributed by atoms with Crippen molar-refractivity contribution in [2.45, 2.75) is 12.5 Å². The molecule has 1 heterocycles. The van der Waals surface area contributed by atoms with E-state index < -0.39 is 5.91 Å². The molecule has 1 unspecified atom stereocenters. The van der Waals surface area contributed by atoms with Crippen LogP contribution in [0.15, 0.2) is 18.2 Å². The van der Waals surface area contributed by atoms with Crippen molar-refractivity contribution in [2.75, 3.05) is 13.1 Å². The highest BCUT2D eigenvalue weighted by Crippen LogP contribution is 2.27. The summed E-state index contributed by atoms with van der Waals surface area (Å²) in [6.07, 6.45) is 1.00. The van der Waals surface area contributed by atoms with Gasteiger partial charge in [-0.25, -0.2) is 0 Å². The van der Waals surface area contributed by atoms with Crippen molar-refractivity contribution in [3.63, 3.8) is 0 Å². The van der Waals surface area contributed by atoms with E-state index in [0.717, 1.165) is 19.5 Å².